The highest BCUT2D eigenvalue weighted by Gasteiger charge is 2.11. The lowest BCUT2D eigenvalue weighted by molar-refractivity contribution is -0.119. The molecule has 31 heavy (non-hydrogen) atoms. The van der Waals surface area contributed by atoms with Crippen molar-refractivity contribution in [3.8, 4) is 11.5 Å². The lowest BCUT2D eigenvalue weighted by atomic mass is 10.2. The standard InChI is InChI=1S/C23H21Br2N3O3/c1-30-21-12-17(11-20(25)23(21)31-15-16-5-3-2-4-6-16)13-27-28-22(29)14-26-19-9-7-18(24)8-10-19/h2-13,26H,14-15H2,1H3,(H,28,29)/b27-13-. The lowest BCUT2D eigenvalue weighted by Gasteiger charge is -2.13. The largest absolute Gasteiger partial charge is 0.493 e. The van der Waals surface area contributed by atoms with Gasteiger partial charge in [-0.05, 0) is 63.5 Å². The zero-order chi connectivity index (χ0) is 22.1. The molecule has 160 valence electrons. The molecule has 0 bridgehead atoms. The normalized spacial score (nSPS) is 10.7. The van der Waals surface area contributed by atoms with Gasteiger partial charge < -0.3 is 14.8 Å². The summed E-state index contributed by atoms with van der Waals surface area (Å²) < 4.78 is 13.1. The molecule has 0 saturated heterocycles. The summed E-state index contributed by atoms with van der Waals surface area (Å²) in [4.78, 5) is 12.0. The van der Waals surface area contributed by atoms with E-state index in [2.05, 4.69) is 47.7 Å². The van der Waals surface area contributed by atoms with Crippen LogP contribution in [-0.2, 0) is 11.4 Å². The van der Waals surface area contributed by atoms with Crippen LogP contribution in [0, 0.1) is 0 Å². The molecule has 1 amide bonds. The fraction of sp³-hybridized carbons (Fsp3) is 0.130. The Morgan fingerprint density at radius 3 is 2.52 bits per heavy atom. The minimum atomic E-state index is -0.256. The van der Waals surface area contributed by atoms with Gasteiger partial charge in [-0.3, -0.25) is 4.79 Å². The Morgan fingerprint density at radius 1 is 1.06 bits per heavy atom. The van der Waals surface area contributed by atoms with Gasteiger partial charge in [0.15, 0.2) is 11.5 Å². The third kappa shape index (κ3) is 7.11. The number of amides is 1. The minimum Gasteiger partial charge on any atom is -0.493 e. The van der Waals surface area contributed by atoms with Crippen LogP contribution >= 0.6 is 31.9 Å². The molecule has 3 aromatic carbocycles. The number of methoxy groups -OCH3 is 1. The summed E-state index contributed by atoms with van der Waals surface area (Å²) >= 11 is 6.90. The van der Waals surface area contributed by atoms with Gasteiger partial charge in [0.1, 0.15) is 6.61 Å². The first-order chi connectivity index (χ1) is 15.0. The second-order valence-electron chi connectivity index (χ2n) is 6.46. The number of hydrogen-bond donors (Lipinski definition) is 2. The molecule has 0 unspecified atom stereocenters. The van der Waals surface area contributed by atoms with Gasteiger partial charge in [-0.1, -0.05) is 46.3 Å². The lowest BCUT2D eigenvalue weighted by Crippen LogP contribution is -2.25. The number of hydrazone groups is 1. The molecule has 6 nitrogen and oxygen atoms in total. The average Bonchev–Trinajstić information content (AvgIpc) is 2.78. The number of carbonyl (C=O) groups excluding carboxylic acids is 1. The van der Waals surface area contributed by atoms with Crippen molar-refractivity contribution >= 4 is 49.7 Å². The van der Waals surface area contributed by atoms with Crippen LogP contribution in [-0.4, -0.2) is 25.8 Å². The Hall–Kier alpha value is -2.84. The fourth-order valence-corrected chi connectivity index (χ4v) is 3.49. The maximum atomic E-state index is 12.0. The zero-order valence-corrected chi connectivity index (χ0v) is 19.9. The van der Waals surface area contributed by atoms with Crippen molar-refractivity contribution in [2.75, 3.05) is 19.0 Å². The molecule has 2 N–H and O–H groups in total. The number of nitrogens with one attached hydrogen (secondary N) is 2. The van der Waals surface area contributed by atoms with Crippen LogP contribution in [0.15, 0.2) is 80.8 Å². The van der Waals surface area contributed by atoms with Gasteiger partial charge in [-0.15, -0.1) is 0 Å². The van der Waals surface area contributed by atoms with Crippen molar-refractivity contribution in [1.82, 2.24) is 5.43 Å². The topological polar surface area (TPSA) is 72.0 Å². The van der Waals surface area contributed by atoms with Gasteiger partial charge >= 0.3 is 0 Å². The molecular formula is C23H21Br2N3O3. The molecule has 0 aliphatic heterocycles. The fourth-order valence-electron chi connectivity index (χ4n) is 2.65. The van der Waals surface area contributed by atoms with Crippen molar-refractivity contribution in [3.05, 3.63) is 86.8 Å². The first-order valence-corrected chi connectivity index (χ1v) is 11.0. The maximum Gasteiger partial charge on any atom is 0.259 e. The smallest absolute Gasteiger partial charge is 0.259 e. The van der Waals surface area contributed by atoms with Crippen LogP contribution in [0.5, 0.6) is 11.5 Å². The van der Waals surface area contributed by atoms with Gasteiger partial charge in [0.05, 0.1) is 24.3 Å². The number of hydrogen-bond acceptors (Lipinski definition) is 5. The second-order valence-corrected chi connectivity index (χ2v) is 8.23. The highest BCUT2D eigenvalue weighted by atomic mass is 79.9. The van der Waals surface area contributed by atoms with Crippen LogP contribution < -0.4 is 20.2 Å². The van der Waals surface area contributed by atoms with E-state index in [1.807, 2.05) is 60.7 Å². The van der Waals surface area contributed by atoms with E-state index in [1.54, 1.807) is 19.4 Å². The number of anilines is 1. The predicted octanol–water partition coefficient (Wildman–Crippen LogP) is 5.36. The summed E-state index contributed by atoms with van der Waals surface area (Å²) in [5.74, 6) is 0.911. The maximum absolute atomic E-state index is 12.0. The molecule has 0 radical (unpaired) electrons. The molecule has 3 aromatic rings. The quantitative estimate of drug-likeness (QED) is 0.280. The first kappa shape index (κ1) is 22.8. The van der Waals surface area contributed by atoms with Crippen LogP contribution in [0.3, 0.4) is 0 Å². The van der Waals surface area contributed by atoms with Crippen LogP contribution in [0.1, 0.15) is 11.1 Å². The van der Waals surface area contributed by atoms with Crippen molar-refractivity contribution in [2.45, 2.75) is 6.61 Å². The Balaban J connectivity index is 1.56. The summed E-state index contributed by atoms with van der Waals surface area (Å²) in [5, 5.41) is 7.05. The van der Waals surface area contributed by atoms with E-state index in [0.29, 0.717) is 18.1 Å². The molecule has 0 heterocycles. The highest BCUT2D eigenvalue weighted by molar-refractivity contribution is 9.10. The highest BCUT2D eigenvalue weighted by Crippen LogP contribution is 2.36. The van der Waals surface area contributed by atoms with E-state index >= 15 is 0 Å². The number of carbonyl (C=O) groups is 1. The monoisotopic (exact) mass is 545 g/mol. The van der Waals surface area contributed by atoms with E-state index in [4.69, 9.17) is 9.47 Å². The summed E-state index contributed by atoms with van der Waals surface area (Å²) in [5.41, 5.74) is 5.16. The Labute approximate surface area is 197 Å². The van der Waals surface area contributed by atoms with Gasteiger partial charge in [0.2, 0.25) is 0 Å². The summed E-state index contributed by atoms with van der Waals surface area (Å²) in [6.07, 6.45) is 1.55. The number of ether oxygens (including phenoxy) is 2. The third-order valence-corrected chi connectivity index (χ3v) is 5.30. The average molecular weight is 547 g/mol. The molecule has 0 atom stereocenters. The van der Waals surface area contributed by atoms with Crippen LogP contribution in [0.4, 0.5) is 5.69 Å². The van der Waals surface area contributed by atoms with Gasteiger partial charge in [-0.2, -0.15) is 5.10 Å². The van der Waals surface area contributed by atoms with E-state index in [1.165, 1.54) is 0 Å². The van der Waals surface area contributed by atoms with Crippen LogP contribution in [0.2, 0.25) is 0 Å². The zero-order valence-electron chi connectivity index (χ0n) is 16.8. The summed E-state index contributed by atoms with van der Waals surface area (Å²) in [6, 6.07) is 21.1. The second kappa shape index (κ2) is 11.5. The van der Waals surface area contributed by atoms with E-state index in [0.717, 1.165) is 25.8 Å². The number of benzene rings is 3. The van der Waals surface area contributed by atoms with Crippen molar-refractivity contribution < 1.29 is 14.3 Å². The molecule has 0 aliphatic carbocycles. The molecule has 0 spiro atoms. The number of halogens is 2. The molecule has 0 fully saturated rings. The molecule has 0 aromatic heterocycles. The van der Waals surface area contributed by atoms with E-state index in [-0.39, 0.29) is 12.5 Å². The van der Waals surface area contributed by atoms with Gasteiger partial charge in [-0.25, -0.2) is 5.43 Å². The number of rotatable bonds is 9. The van der Waals surface area contributed by atoms with E-state index in [9.17, 15) is 4.79 Å². The molecule has 3 rings (SSSR count). The summed E-state index contributed by atoms with van der Waals surface area (Å²) in [7, 11) is 1.58. The summed E-state index contributed by atoms with van der Waals surface area (Å²) in [6.45, 7) is 0.531. The van der Waals surface area contributed by atoms with Crippen LogP contribution in [0.25, 0.3) is 0 Å². The molecule has 0 saturated carbocycles. The number of nitrogens with zero attached hydrogens (tertiary/aromatic N) is 1. The van der Waals surface area contributed by atoms with Crippen molar-refractivity contribution in [1.29, 1.82) is 0 Å². The minimum absolute atomic E-state index is 0.109. The molecular weight excluding hydrogens is 526 g/mol. The van der Waals surface area contributed by atoms with Gasteiger partial charge in [0, 0.05) is 10.2 Å². The molecule has 8 heteroatoms. The Bertz CT molecular complexity index is 1040. The van der Waals surface area contributed by atoms with Gasteiger partial charge in [0.25, 0.3) is 5.91 Å². The van der Waals surface area contributed by atoms with Crippen molar-refractivity contribution in [2.24, 2.45) is 5.10 Å². The predicted molar refractivity (Wildman–Crippen MR) is 130 cm³/mol. The molecule has 0 aliphatic rings. The SMILES string of the molecule is COc1cc(/C=N\NC(=O)CNc2ccc(Br)cc2)cc(Br)c1OCc1ccccc1. The first-order valence-electron chi connectivity index (χ1n) is 9.41. The van der Waals surface area contributed by atoms with Crippen molar-refractivity contribution in [3.63, 3.8) is 0 Å². The third-order valence-electron chi connectivity index (χ3n) is 4.18. The Morgan fingerprint density at radius 2 is 1.81 bits per heavy atom. The van der Waals surface area contributed by atoms with E-state index < -0.39 is 0 Å². The Kier molecular flexibility index (Phi) is 8.49.